The molecule has 0 amide bonds. The molecule has 0 bridgehead atoms. The average molecular weight is 579 g/mol. The molecule has 4 aromatic heterocycles. The first kappa shape index (κ1) is 26.9. The average Bonchev–Trinajstić information content (AvgIpc) is 3.53. The van der Waals surface area contributed by atoms with Crippen molar-refractivity contribution in [2.75, 3.05) is 32.9 Å². The largest absolute Gasteiger partial charge is 0.490 e. The second-order valence-corrected chi connectivity index (χ2v) is 11.6. The first-order valence-electron chi connectivity index (χ1n) is 14.0. The van der Waals surface area contributed by atoms with Gasteiger partial charge < -0.3 is 9.47 Å². The van der Waals surface area contributed by atoms with Crippen LogP contribution in [0.1, 0.15) is 48.7 Å². The van der Waals surface area contributed by atoms with Gasteiger partial charge >= 0.3 is 0 Å². The van der Waals surface area contributed by atoms with Crippen LogP contribution >= 0.6 is 0 Å². The van der Waals surface area contributed by atoms with Crippen LogP contribution in [0.15, 0.2) is 36.8 Å². The maximum Gasteiger partial charge on any atom is 0.250 e. The van der Waals surface area contributed by atoms with Crippen LogP contribution in [0.5, 0.6) is 5.75 Å². The lowest BCUT2D eigenvalue weighted by Gasteiger charge is -2.46. The summed E-state index contributed by atoms with van der Waals surface area (Å²) in [4.78, 5) is 6.57. The number of nitriles is 1. The number of nitrogens with zero attached hydrogens (tertiary/aromatic N) is 8. The van der Waals surface area contributed by atoms with E-state index in [1.54, 1.807) is 16.8 Å². The molecule has 6 heterocycles. The SMILES string of the molecule is Cc1c(-c2cc(OCC3(c4ccc(F)cn4)CC(F)(F)C3)c3c(C#N)cnn3c2)nnn1C1CCN(C2COC2)CC1. The minimum Gasteiger partial charge on any atom is -0.490 e. The van der Waals surface area contributed by atoms with E-state index in [0.717, 1.165) is 51.0 Å². The molecule has 0 N–H and O–H groups in total. The smallest absolute Gasteiger partial charge is 0.250 e. The van der Waals surface area contributed by atoms with Crippen LogP contribution in [0, 0.1) is 24.1 Å². The number of hydrogen-bond donors (Lipinski definition) is 0. The quantitative estimate of drug-likeness (QED) is 0.323. The zero-order chi connectivity index (χ0) is 29.1. The van der Waals surface area contributed by atoms with Gasteiger partial charge in [0.05, 0.1) is 61.1 Å². The van der Waals surface area contributed by atoms with Crippen molar-refractivity contribution in [1.29, 1.82) is 5.26 Å². The van der Waals surface area contributed by atoms with Crippen LogP contribution in [0.3, 0.4) is 0 Å². The van der Waals surface area contributed by atoms with E-state index in [1.165, 1.54) is 18.3 Å². The van der Waals surface area contributed by atoms with Gasteiger partial charge in [0, 0.05) is 37.7 Å². The number of rotatable bonds is 7. The summed E-state index contributed by atoms with van der Waals surface area (Å²) in [6.07, 6.45) is 5.20. The zero-order valence-electron chi connectivity index (χ0n) is 23.0. The first-order chi connectivity index (χ1) is 20.2. The minimum atomic E-state index is -2.87. The lowest BCUT2D eigenvalue weighted by Crippen LogP contribution is -2.53. The van der Waals surface area contributed by atoms with Crippen molar-refractivity contribution in [3.63, 3.8) is 0 Å². The molecule has 1 aliphatic carbocycles. The number of piperidine rings is 1. The minimum absolute atomic E-state index is 0.132. The fourth-order valence-electron chi connectivity index (χ4n) is 6.49. The van der Waals surface area contributed by atoms with Crippen LogP contribution in [0.4, 0.5) is 13.2 Å². The fourth-order valence-corrected chi connectivity index (χ4v) is 6.49. The number of halogens is 3. The molecule has 2 saturated heterocycles. The van der Waals surface area contributed by atoms with Gasteiger partial charge in [-0.3, -0.25) is 9.88 Å². The molecule has 0 spiro atoms. The van der Waals surface area contributed by atoms with Crippen LogP contribution in [0.25, 0.3) is 16.8 Å². The van der Waals surface area contributed by atoms with Crippen molar-refractivity contribution in [1.82, 2.24) is 34.5 Å². The first-order valence-corrected chi connectivity index (χ1v) is 14.0. The Bertz CT molecular complexity index is 1660. The number of likely N-dealkylation sites (tertiary alicyclic amines) is 1. The molecular formula is C29H29F3N8O2. The van der Waals surface area contributed by atoms with Crippen molar-refractivity contribution in [2.45, 2.75) is 56.0 Å². The summed E-state index contributed by atoms with van der Waals surface area (Å²) in [5, 5.41) is 23.1. The van der Waals surface area contributed by atoms with Crippen LogP contribution in [0.2, 0.25) is 0 Å². The number of hydrogen-bond acceptors (Lipinski definition) is 8. The lowest BCUT2D eigenvalue weighted by atomic mass is 9.64. The maximum absolute atomic E-state index is 14.2. The predicted molar refractivity (Wildman–Crippen MR) is 144 cm³/mol. The normalized spacial score (nSPS) is 20.6. The number of aromatic nitrogens is 6. The van der Waals surface area contributed by atoms with Crippen LogP contribution in [-0.2, 0) is 10.2 Å². The Labute approximate surface area is 239 Å². The van der Waals surface area contributed by atoms with E-state index in [-0.39, 0.29) is 18.2 Å². The van der Waals surface area contributed by atoms with Gasteiger partial charge in [0.25, 0.3) is 0 Å². The molecule has 0 atom stereocenters. The highest BCUT2D eigenvalue weighted by atomic mass is 19.3. The summed E-state index contributed by atoms with van der Waals surface area (Å²) >= 11 is 0. The molecule has 0 unspecified atom stereocenters. The molecule has 10 nitrogen and oxygen atoms in total. The highest BCUT2D eigenvalue weighted by molar-refractivity contribution is 5.74. The Morgan fingerprint density at radius 2 is 1.93 bits per heavy atom. The molecule has 7 rings (SSSR count). The van der Waals surface area contributed by atoms with E-state index in [2.05, 4.69) is 31.4 Å². The zero-order valence-corrected chi connectivity index (χ0v) is 23.0. The summed E-state index contributed by atoms with van der Waals surface area (Å²) in [7, 11) is 0. The van der Waals surface area contributed by atoms with Crippen molar-refractivity contribution >= 4 is 5.52 Å². The monoisotopic (exact) mass is 578 g/mol. The third-order valence-corrected chi connectivity index (χ3v) is 8.85. The van der Waals surface area contributed by atoms with Gasteiger partial charge in [-0.2, -0.15) is 10.4 Å². The lowest BCUT2D eigenvalue weighted by molar-refractivity contribution is -0.138. The van der Waals surface area contributed by atoms with Gasteiger partial charge in [-0.05, 0) is 38.0 Å². The Balaban J connectivity index is 1.18. The van der Waals surface area contributed by atoms with Crippen molar-refractivity contribution < 1.29 is 22.6 Å². The Morgan fingerprint density at radius 3 is 2.57 bits per heavy atom. The standard InChI is InChI=1S/C29H29F3N8O2/c1-18-26(36-37-40(18)22-4-6-38(7-5-22)23-13-41-14-23)19-8-24(27-20(9-33)10-35-39(27)12-19)42-17-28(15-29(31,32)16-28)25-3-2-21(30)11-34-25/h2-3,8,10-12,22-23H,4-7,13-17H2,1H3. The van der Waals surface area contributed by atoms with Gasteiger partial charge in [0.1, 0.15) is 34.4 Å². The fraction of sp³-hybridized carbons (Fsp3) is 0.483. The molecule has 13 heteroatoms. The second kappa shape index (κ2) is 10.1. The number of pyridine rings is 2. The van der Waals surface area contributed by atoms with Gasteiger partial charge in [0.2, 0.25) is 5.92 Å². The van der Waals surface area contributed by atoms with E-state index in [4.69, 9.17) is 9.47 Å². The van der Waals surface area contributed by atoms with Crippen LogP contribution in [-0.4, -0.2) is 79.4 Å². The molecule has 1 saturated carbocycles. The molecule has 0 radical (unpaired) electrons. The predicted octanol–water partition coefficient (Wildman–Crippen LogP) is 4.09. The molecule has 4 aromatic rings. The van der Waals surface area contributed by atoms with Crippen molar-refractivity contribution in [3.8, 4) is 23.1 Å². The Kier molecular flexibility index (Phi) is 6.43. The van der Waals surface area contributed by atoms with Gasteiger partial charge in [-0.25, -0.2) is 22.4 Å². The topological polar surface area (TPSA) is 106 Å². The third kappa shape index (κ3) is 4.59. The molecular weight excluding hydrogens is 549 g/mol. The number of alkyl halides is 2. The highest BCUT2D eigenvalue weighted by Crippen LogP contribution is 2.53. The summed E-state index contributed by atoms with van der Waals surface area (Å²) < 4.78 is 57.0. The van der Waals surface area contributed by atoms with E-state index in [0.29, 0.717) is 34.3 Å². The number of ether oxygens (including phenoxy) is 2. The third-order valence-electron chi connectivity index (χ3n) is 8.85. The van der Waals surface area contributed by atoms with Gasteiger partial charge in [-0.1, -0.05) is 5.21 Å². The summed E-state index contributed by atoms with van der Waals surface area (Å²) in [5.74, 6) is -3.11. The maximum atomic E-state index is 14.2. The molecule has 3 aliphatic rings. The molecule has 218 valence electrons. The molecule has 0 aromatic carbocycles. The van der Waals surface area contributed by atoms with E-state index >= 15 is 0 Å². The highest BCUT2D eigenvalue weighted by Gasteiger charge is 2.58. The Hall–Kier alpha value is -4.02. The van der Waals surface area contributed by atoms with Crippen molar-refractivity contribution in [2.24, 2.45) is 0 Å². The van der Waals surface area contributed by atoms with Crippen LogP contribution < -0.4 is 4.74 Å². The molecule has 2 aliphatic heterocycles. The van der Waals surface area contributed by atoms with Gasteiger partial charge in [0.15, 0.2) is 0 Å². The Morgan fingerprint density at radius 1 is 1.14 bits per heavy atom. The van der Waals surface area contributed by atoms with E-state index in [9.17, 15) is 18.4 Å². The summed E-state index contributed by atoms with van der Waals surface area (Å²) in [6.45, 7) is 5.40. The van der Waals surface area contributed by atoms with E-state index < -0.39 is 30.0 Å². The summed E-state index contributed by atoms with van der Waals surface area (Å²) in [5.41, 5.74) is 2.16. The number of fused-ring (bicyclic) bond motifs is 1. The summed E-state index contributed by atoms with van der Waals surface area (Å²) in [6, 6.07) is 7.24. The molecule has 42 heavy (non-hydrogen) atoms. The van der Waals surface area contributed by atoms with Gasteiger partial charge in [-0.15, -0.1) is 5.10 Å². The van der Waals surface area contributed by atoms with E-state index in [1.807, 2.05) is 11.6 Å². The van der Waals surface area contributed by atoms with Crippen molar-refractivity contribution in [3.05, 3.63) is 59.6 Å². The molecule has 3 fully saturated rings. The second-order valence-electron chi connectivity index (χ2n) is 11.6.